The van der Waals surface area contributed by atoms with Crippen LogP contribution in [-0.4, -0.2) is 28.0 Å². The van der Waals surface area contributed by atoms with E-state index in [0.29, 0.717) is 6.54 Å². The number of hydrogen-bond acceptors (Lipinski definition) is 4. The van der Waals surface area contributed by atoms with Gasteiger partial charge in [-0.25, -0.2) is 0 Å². The average molecular weight is 211 g/mol. The number of carboxylic acids is 1. The summed E-state index contributed by atoms with van der Waals surface area (Å²) in [6.07, 6.45) is 0. The number of benzene rings is 1. The summed E-state index contributed by atoms with van der Waals surface area (Å²) in [4.78, 5) is 11.6. The number of hydrogen-bond donors (Lipinski definition) is 3. The maximum Gasteiger partial charge on any atom is 0.318 e. The van der Waals surface area contributed by atoms with Crippen LogP contribution in [0.5, 0.6) is 5.75 Å². The van der Waals surface area contributed by atoms with Crippen LogP contribution in [0.1, 0.15) is 0 Å². The number of phenols is 1. The summed E-state index contributed by atoms with van der Waals surface area (Å²) in [6, 6.07) is 4.87. The number of anilines is 1. The van der Waals surface area contributed by atoms with Crippen molar-refractivity contribution >= 4 is 23.4 Å². The lowest BCUT2D eigenvalue weighted by molar-refractivity contribution is -0.136. The molecule has 1 atom stereocenters. The first-order valence-corrected chi connectivity index (χ1v) is 5.01. The molecule has 1 aromatic carbocycles. The van der Waals surface area contributed by atoms with Gasteiger partial charge in [-0.05, 0) is 12.1 Å². The van der Waals surface area contributed by atoms with Gasteiger partial charge >= 0.3 is 5.97 Å². The first kappa shape index (κ1) is 9.21. The number of aliphatic carboxylic acids is 1. The van der Waals surface area contributed by atoms with Crippen LogP contribution < -0.4 is 5.32 Å². The maximum atomic E-state index is 10.7. The van der Waals surface area contributed by atoms with Crippen molar-refractivity contribution in [1.29, 1.82) is 0 Å². The van der Waals surface area contributed by atoms with E-state index in [9.17, 15) is 9.90 Å². The van der Waals surface area contributed by atoms with E-state index >= 15 is 0 Å². The molecule has 1 aliphatic heterocycles. The number of phenolic OH excluding ortho intramolecular Hbond substituents is 1. The Hall–Kier alpha value is -1.36. The first-order valence-electron chi connectivity index (χ1n) is 4.13. The Labute approximate surface area is 84.9 Å². The van der Waals surface area contributed by atoms with E-state index in [1.54, 1.807) is 18.2 Å². The van der Waals surface area contributed by atoms with Gasteiger partial charge in [0.1, 0.15) is 11.0 Å². The molecule has 5 heteroatoms. The Kier molecular flexibility index (Phi) is 2.25. The molecule has 0 aliphatic carbocycles. The zero-order valence-electron chi connectivity index (χ0n) is 7.23. The number of thioether (sulfide) groups is 1. The summed E-state index contributed by atoms with van der Waals surface area (Å²) < 4.78 is 0. The molecule has 0 radical (unpaired) electrons. The highest BCUT2D eigenvalue weighted by molar-refractivity contribution is 8.00. The van der Waals surface area contributed by atoms with Gasteiger partial charge in [0.2, 0.25) is 0 Å². The van der Waals surface area contributed by atoms with E-state index in [2.05, 4.69) is 5.32 Å². The third-order valence-corrected chi connectivity index (χ3v) is 3.25. The molecule has 3 N–H and O–H groups in total. The largest absolute Gasteiger partial charge is 0.508 e. The zero-order valence-corrected chi connectivity index (χ0v) is 8.04. The van der Waals surface area contributed by atoms with Crippen molar-refractivity contribution in [1.82, 2.24) is 0 Å². The third kappa shape index (κ3) is 1.63. The molecule has 1 unspecified atom stereocenters. The molecule has 74 valence electrons. The molecule has 0 aromatic heterocycles. The Morgan fingerprint density at radius 2 is 2.36 bits per heavy atom. The van der Waals surface area contributed by atoms with Crippen LogP contribution in [0.4, 0.5) is 5.69 Å². The summed E-state index contributed by atoms with van der Waals surface area (Å²) in [6.45, 7) is 0.385. The molecular formula is C9H9NO3S. The number of carboxylic acid groups (broad SMARTS) is 1. The van der Waals surface area contributed by atoms with Crippen LogP contribution in [0.2, 0.25) is 0 Å². The standard InChI is InChI=1S/C9H9NO3S/c11-5-1-2-7-6(3-5)10-4-8(14-7)9(12)13/h1-3,8,10-11H,4H2,(H,12,13). The number of carbonyl (C=O) groups is 1. The Morgan fingerprint density at radius 1 is 1.57 bits per heavy atom. The number of fused-ring (bicyclic) bond motifs is 1. The van der Waals surface area contributed by atoms with Gasteiger partial charge in [0.25, 0.3) is 0 Å². The number of rotatable bonds is 1. The van der Waals surface area contributed by atoms with Crippen molar-refractivity contribution in [3.63, 3.8) is 0 Å². The molecule has 0 fully saturated rings. The van der Waals surface area contributed by atoms with E-state index < -0.39 is 11.2 Å². The maximum absolute atomic E-state index is 10.7. The summed E-state index contributed by atoms with van der Waals surface area (Å²) in [5, 5.41) is 20.5. The number of nitrogens with one attached hydrogen (secondary N) is 1. The highest BCUT2D eigenvalue weighted by atomic mass is 32.2. The van der Waals surface area contributed by atoms with Gasteiger partial charge in [0.15, 0.2) is 0 Å². The Bertz CT molecular complexity index is 380. The Morgan fingerprint density at radius 3 is 3.07 bits per heavy atom. The van der Waals surface area contributed by atoms with E-state index in [1.165, 1.54) is 11.8 Å². The minimum atomic E-state index is -0.818. The molecule has 0 amide bonds. The second kappa shape index (κ2) is 3.42. The van der Waals surface area contributed by atoms with Crippen LogP contribution in [0.3, 0.4) is 0 Å². The van der Waals surface area contributed by atoms with Crippen molar-refractivity contribution in [3.05, 3.63) is 18.2 Å². The lowest BCUT2D eigenvalue weighted by Gasteiger charge is -2.22. The van der Waals surface area contributed by atoms with Crippen molar-refractivity contribution in [2.45, 2.75) is 10.1 Å². The molecule has 0 saturated heterocycles. The molecule has 4 nitrogen and oxygen atoms in total. The van der Waals surface area contributed by atoms with Crippen molar-refractivity contribution in [3.8, 4) is 5.75 Å². The molecule has 14 heavy (non-hydrogen) atoms. The summed E-state index contributed by atoms with van der Waals surface area (Å²) in [5.74, 6) is -0.633. The van der Waals surface area contributed by atoms with Crippen molar-refractivity contribution in [2.75, 3.05) is 11.9 Å². The minimum absolute atomic E-state index is 0.186. The first-order chi connectivity index (χ1) is 6.66. The lowest BCUT2D eigenvalue weighted by atomic mass is 10.3. The van der Waals surface area contributed by atoms with Gasteiger partial charge in [0.05, 0.1) is 5.69 Å². The SMILES string of the molecule is O=C(O)C1CNc2cc(O)ccc2S1. The molecule has 0 bridgehead atoms. The van der Waals surface area contributed by atoms with Gasteiger partial charge < -0.3 is 15.5 Å². The lowest BCUT2D eigenvalue weighted by Crippen LogP contribution is -2.28. The smallest absolute Gasteiger partial charge is 0.318 e. The molecule has 2 rings (SSSR count). The van der Waals surface area contributed by atoms with Crippen LogP contribution >= 0.6 is 11.8 Å². The topological polar surface area (TPSA) is 69.6 Å². The van der Waals surface area contributed by atoms with Crippen LogP contribution in [0.25, 0.3) is 0 Å². The van der Waals surface area contributed by atoms with Crippen molar-refractivity contribution < 1.29 is 15.0 Å². The van der Waals surface area contributed by atoms with E-state index in [-0.39, 0.29) is 5.75 Å². The fourth-order valence-electron chi connectivity index (χ4n) is 1.29. The van der Waals surface area contributed by atoms with E-state index in [4.69, 9.17) is 5.11 Å². The van der Waals surface area contributed by atoms with Crippen LogP contribution in [-0.2, 0) is 4.79 Å². The molecule has 1 aromatic rings. The molecular weight excluding hydrogens is 202 g/mol. The third-order valence-electron chi connectivity index (χ3n) is 1.99. The highest BCUT2D eigenvalue weighted by Crippen LogP contribution is 2.36. The molecule has 1 aliphatic rings. The van der Waals surface area contributed by atoms with Crippen LogP contribution in [0, 0.1) is 0 Å². The average Bonchev–Trinajstić information content (AvgIpc) is 2.16. The highest BCUT2D eigenvalue weighted by Gasteiger charge is 2.24. The number of aromatic hydroxyl groups is 1. The van der Waals surface area contributed by atoms with Gasteiger partial charge in [-0.15, -0.1) is 11.8 Å². The predicted molar refractivity (Wildman–Crippen MR) is 53.9 cm³/mol. The van der Waals surface area contributed by atoms with Crippen molar-refractivity contribution in [2.24, 2.45) is 0 Å². The minimum Gasteiger partial charge on any atom is -0.508 e. The Balaban J connectivity index is 2.27. The summed E-state index contributed by atoms with van der Waals surface area (Å²) in [5.41, 5.74) is 0.799. The second-order valence-corrected chi connectivity index (χ2v) is 4.25. The fraction of sp³-hybridized carbons (Fsp3) is 0.222. The molecule has 0 spiro atoms. The molecule has 0 saturated carbocycles. The van der Waals surface area contributed by atoms with Gasteiger partial charge in [-0.2, -0.15) is 0 Å². The zero-order chi connectivity index (χ0) is 10.1. The van der Waals surface area contributed by atoms with Crippen LogP contribution in [0.15, 0.2) is 23.1 Å². The van der Waals surface area contributed by atoms with E-state index in [0.717, 1.165) is 10.6 Å². The summed E-state index contributed by atoms with van der Waals surface area (Å²) in [7, 11) is 0. The normalized spacial score (nSPS) is 19.6. The second-order valence-electron chi connectivity index (χ2n) is 3.01. The molecule has 1 heterocycles. The predicted octanol–water partition coefficient (Wildman–Crippen LogP) is 1.36. The van der Waals surface area contributed by atoms with Gasteiger partial charge in [-0.1, -0.05) is 0 Å². The van der Waals surface area contributed by atoms with E-state index in [1.807, 2.05) is 0 Å². The quantitative estimate of drug-likeness (QED) is 0.654. The monoisotopic (exact) mass is 211 g/mol. The fourth-order valence-corrected chi connectivity index (χ4v) is 2.27. The summed E-state index contributed by atoms with van der Waals surface area (Å²) >= 11 is 1.30. The van der Waals surface area contributed by atoms with Gasteiger partial charge in [-0.3, -0.25) is 4.79 Å². The van der Waals surface area contributed by atoms with Gasteiger partial charge in [0, 0.05) is 17.5 Å².